The highest BCUT2D eigenvalue weighted by Crippen LogP contribution is 2.37. The predicted molar refractivity (Wildman–Crippen MR) is 149 cm³/mol. The van der Waals surface area contributed by atoms with E-state index in [1.807, 2.05) is 0 Å². The molecule has 0 bridgehead atoms. The predicted octanol–water partition coefficient (Wildman–Crippen LogP) is 7.08. The lowest BCUT2D eigenvalue weighted by atomic mass is 9.77. The minimum absolute atomic E-state index is 0.0528. The molecule has 0 spiro atoms. The fraction of sp³-hybridized carbons (Fsp3) is 0.625. The number of esters is 2. The van der Waals surface area contributed by atoms with E-state index < -0.39 is 12.6 Å². The van der Waals surface area contributed by atoms with Crippen LogP contribution in [0.1, 0.15) is 102 Å². The molecule has 37 heavy (non-hydrogen) atoms. The summed E-state index contributed by atoms with van der Waals surface area (Å²) >= 11 is 0. The smallest absolute Gasteiger partial charge is 0.335 e. The molecule has 5 nitrogen and oxygen atoms in total. The van der Waals surface area contributed by atoms with Crippen LogP contribution in [0, 0.1) is 11.8 Å². The van der Waals surface area contributed by atoms with E-state index in [0.29, 0.717) is 30.9 Å². The summed E-state index contributed by atoms with van der Waals surface area (Å²) in [6.07, 6.45) is 14.0. The highest BCUT2D eigenvalue weighted by Gasteiger charge is 2.22. The third kappa shape index (κ3) is 11.7. The number of aryl methyl sites for hydroxylation is 1. The topological polar surface area (TPSA) is 72.8 Å². The number of hydrogen-bond donors (Lipinski definition) is 1. The Labute approximate surface area is 224 Å². The quantitative estimate of drug-likeness (QED) is 0.137. The van der Waals surface area contributed by atoms with Crippen LogP contribution in [0.5, 0.6) is 0 Å². The highest BCUT2D eigenvalue weighted by atomic mass is 16.5. The molecule has 1 saturated carbocycles. The van der Waals surface area contributed by atoms with Crippen LogP contribution >= 0.6 is 0 Å². The molecule has 1 aromatic rings. The average Bonchev–Trinajstić information content (AvgIpc) is 2.91. The molecule has 5 heteroatoms. The van der Waals surface area contributed by atoms with Crippen molar-refractivity contribution < 1.29 is 24.2 Å². The number of aliphatic hydroxyl groups is 1. The fourth-order valence-electron chi connectivity index (χ4n) is 5.15. The normalized spacial score (nSPS) is 18.1. The second kappa shape index (κ2) is 17.2. The lowest BCUT2D eigenvalue weighted by molar-refractivity contribution is -0.139. The Hall–Kier alpha value is -2.40. The molecule has 0 radical (unpaired) electrons. The largest absolute Gasteiger partial charge is 0.462 e. The number of ether oxygens (including phenoxy) is 2. The molecule has 206 valence electrons. The van der Waals surface area contributed by atoms with Gasteiger partial charge in [-0.25, -0.2) is 9.59 Å². The molecule has 0 heterocycles. The minimum Gasteiger partial charge on any atom is -0.462 e. The zero-order valence-corrected chi connectivity index (χ0v) is 23.1. The Morgan fingerprint density at radius 3 is 2.14 bits per heavy atom. The van der Waals surface area contributed by atoms with E-state index in [1.165, 1.54) is 62.5 Å². The number of rotatable bonds is 17. The molecular weight excluding hydrogens is 464 g/mol. The van der Waals surface area contributed by atoms with Crippen molar-refractivity contribution in [3.63, 3.8) is 0 Å². The number of aliphatic hydroxyl groups excluding tert-OH is 1. The lowest BCUT2D eigenvalue weighted by Gasteiger charge is -2.29. The van der Waals surface area contributed by atoms with Crippen molar-refractivity contribution in [2.45, 2.75) is 96.8 Å². The van der Waals surface area contributed by atoms with Gasteiger partial charge in [0.2, 0.25) is 0 Å². The van der Waals surface area contributed by atoms with Crippen molar-refractivity contribution in [3.8, 4) is 0 Å². The highest BCUT2D eigenvalue weighted by molar-refractivity contribution is 5.88. The number of carbonyl (C=O) groups excluding carboxylic acids is 2. The molecule has 1 atom stereocenters. The van der Waals surface area contributed by atoms with E-state index in [1.54, 1.807) is 6.92 Å². The maximum Gasteiger partial charge on any atom is 0.335 e. The van der Waals surface area contributed by atoms with Gasteiger partial charge < -0.3 is 14.6 Å². The van der Waals surface area contributed by atoms with Gasteiger partial charge in [-0.1, -0.05) is 70.0 Å². The first-order valence-corrected chi connectivity index (χ1v) is 14.2. The van der Waals surface area contributed by atoms with Gasteiger partial charge in [0.25, 0.3) is 0 Å². The fourth-order valence-corrected chi connectivity index (χ4v) is 5.15. The molecular formula is C32H48O5. The van der Waals surface area contributed by atoms with E-state index in [0.717, 1.165) is 18.8 Å². The second-order valence-electron chi connectivity index (χ2n) is 10.8. The van der Waals surface area contributed by atoms with E-state index in [9.17, 15) is 9.59 Å². The maximum absolute atomic E-state index is 11.8. The van der Waals surface area contributed by atoms with Crippen molar-refractivity contribution in [1.29, 1.82) is 0 Å². The van der Waals surface area contributed by atoms with Crippen LogP contribution < -0.4 is 0 Å². The monoisotopic (exact) mass is 512 g/mol. The summed E-state index contributed by atoms with van der Waals surface area (Å²) in [5.74, 6) is 0.900. The van der Waals surface area contributed by atoms with Gasteiger partial charge in [0, 0.05) is 5.57 Å². The van der Waals surface area contributed by atoms with Crippen LogP contribution in [0.4, 0.5) is 0 Å². The first kappa shape index (κ1) is 30.8. The zero-order valence-electron chi connectivity index (χ0n) is 23.1. The van der Waals surface area contributed by atoms with Gasteiger partial charge in [-0.05, 0) is 87.2 Å². The zero-order chi connectivity index (χ0) is 27.0. The molecule has 0 saturated heterocycles. The Morgan fingerprint density at radius 2 is 1.57 bits per heavy atom. The SMILES string of the molecule is C=C(C)C(=O)OCCC(CCOC(=O)C(=C)CO)CCc1ccc(C2CCC(CCCCC)CC2)cc1. The number of carbonyl (C=O) groups is 2. The summed E-state index contributed by atoms with van der Waals surface area (Å²) in [7, 11) is 0. The van der Waals surface area contributed by atoms with Crippen LogP contribution in [-0.2, 0) is 25.5 Å². The average molecular weight is 513 g/mol. The Morgan fingerprint density at radius 1 is 0.946 bits per heavy atom. The summed E-state index contributed by atoms with van der Waals surface area (Å²) in [6, 6.07) is 9.13. The molecule has 1 fully saturated rings. The van der Waals surface area contributed by atoms with Crippen LogP contribution in [-0.4, -0.2) is 36.9 Å². The number of unbranched alkanes of at least 4 members (excludes halogenated alkanes) is 2. The van der Waals surface area contributed by atoms with Crippen molar-refractivity contribution in [3.05, 3.63) is 59.7 Å². The maximum atomic E-state index is 11.8. The molecule has 0 aliphatic heterocycles. The molecule has 1 aromatic carbocycles. The van der Waals surface area contributed by atoms with Crippen molar-refractivity contribution >= 4 is 11.9 Å². The summed E-state index contributed by atoms with van der Waals surface area (Å²) < 4.78 is 10.5. The van der Waals surface area contributed by atoms with Gasteiger partial charge in [-0.2, -0.15) is 0 Å². The van der Waals surface area contributed by atoms with Crippen molar-refractivity contribution in [2.75, 3.05) is 19.8 Å². The summed E-state index contributed by atoms with van der Waals surface area (Å²) in [6.45, 7) is 11.2. The summed E-state index contributed by atoms with van der Waals surface area (Å²) in [5.41, 5.74) is 3.21. The van der Waals surface area contributed by atoms with Gasteiger partial charge in [-0.3, -0.25) is 0 Å². The molecule has 1 aliphatic rings. The summed E-state index contributed by atoms with van der Waals surface area (Å²) in [4.78, 5) is 23.5. The third-order valence-electron chi connectivity index (χ3n) is 7.70. The molecule has 2 rings (SSSR count). The number of hydrogen-bond acceptors (Lipinski definition) is 5. The van der Waals surface area contributed by atoms with Crippen molar-refractivity contribution in [2.24, 2.45) is 11.8 Å². The van der Waals surface area contributed by atoms with Crippen LogP contribution in [0.25, 0.3) is 0 Å². The first-order valence-electron chi connectivity index (χ1n) is 14.2. The van der Waals surface area contributed by atoms with Crippen LogP contribution in [0.2, 0.25) is 0 Å². The van der Waals surface area contributed by atoms with E-state index in [2.05, 4.69) is 44.3 Å². The van der Waals surface area contributed by atoms with Gasteiger partial charge in [0.1, 0.15) is 0 Å². The summed E-state index contributed by atoms with van der Waals surface area (Å²) in [5, 5.41) is 9.03. The Bertz CT molecular complexity index is 848. The van der Waals surface area contributed by atoms with Crippen LogP contribution in [0.15, 0.2) is 48.6 Å². The van der Waals surface area contributed by atoms with Gasteiger partial charge in [-0.15, -0.1) is 0 Å². The molecule has 0 aromatic heterocycles. The van der Waals surface area contributed by atoms with E-state index in [4.69, 9.17) is 14.6 Å². The van der Waals surface area contributed by atoms with E-state index in [-0.39, 0.29) is 24.1 Å². The second-order valence-corrected chi connectivity index (χ2v) is 10.8. The molecule has 0 amide bonds. The third-order valence-corrected chi connectivity index (χ3v) is 7.70. The molecule has 1 aliphatic carbocycles. The standard InChI is InChI=1S/C32H48O5/c1-5-6-7-8-26-11-15-29(16-12-26)30-17-13-27(14-18-30)9-10-28(19-21-36-31(34)24(2)3)20-22-37-32(35)25(4)23-33/h13-14,17-18,26,28-29,33H,2,4-12,15-16,19-23H2,1,3H3. The minimum atomic E-state index is -0.569. The first-order chi connectivity index (χ1) is 17.8. The van der Waals surface area contributed by atoms with Gasteiger partial charge in [0.15, 0.2) is 0 Å². The Balaban J connectivity index is 1.83. The lowest BCUT2D eigenvalue weighted by Crippen LogP contribution is -2.16. The molecule has 1 N–H and O–H groups in total. The van der Waals surface area contributed by atoms with Crippen LogP contribution in [0.3, 0.4) is 0 Å². The number of benzene rings is 1. The van der Waals surface area contributed by atoms with Crippen molar-refractivity contribution in [1.82, 2.24) is 0 Å². The van der Waals surface area contributed by atoms with Gasteiger partial charge >= 0.3 is 11.9 Å². The van der Waals surface area contributed by atoms with Gasteiger partial charge in [0.05, 0.1) is 25.4 Å². The Kier molecular flexibility index (Phi) is 14.3. The molecule has 1 unspecified atom stereocenters. The van der Waals surface area contributed by atoms with E-state index >= 15 is 0 Å².